The molecule has 1 rings (SSSR count). The van der Waals surface area contributed by atoms with Gasteiger partial charge in [-0.25, -0.2) is 0 Å². The second-order valence-corrected chi connectivity index (χ2v) is 10.9. The molecule has 41 heavy (non-hydrogen) atoms. The number of nitrogens with two attached hydrogens (primary N) is 1. The van der Waals surface area contributed by atoms with Gasteiger partial charge in [0, 0.05) is 65.4 Å². The lowest BCUT2D eigenvalue weighted by Crippen LogP contribution is -2.49. The minimum atomic E-state index is -1.02. The molecule has 1 aliphatic heterocycles. The van der Waals surface area contributed by atoms with Gasteiger partial charge >= 0.3 is 17.9 Å². The Morgan fingerprint density at radius 1 is 0.634 bits per heavy atom. The molecule has 0 spiro atoms. The summed E-state index contributed by atoms with van der Waals surface area (Å²) < 4.78 is 0. The Hall–Kier alpha value is -2.85. The Bertz CT molecular complexity index is 813. The number of carboxylic acid groups (broad SMARTS) is 3. The van der Waals surface area contributed by atoms with Crippen LogP contribution in [0.15, 0.2) is 0 Å². The first-order chi connectivity index (χ1) is 19.3. The van der Waals surface area contributed by atoms with E-state index in [1.165, 1.54) is 0 Å². The molecule has 2 amide bonds. The van der Waals surface area contributed by atoms with E-state index in [-0.39, 0.29) is 38.0 Å². The van der Waals surface area contributed by atoms with E-state index in [2.05, 4.69) is 24.5 Å². The average Bonchev–Trinajstić information content (AvgIpc) is 2.86. The van der Waals surface area contributed by atoms with Crippen molar-refractivity contribution in [2.75, 3.05) is 91.6 Å². The lowest BCUT2D eigenvalue weighted by Gasteiger charge is -2.32. The van der Waals surface area contributed by atoms with Gasteiger partial charge in [0.15, 0.2) is 0 Å². The third-order valence-corrected chi connectivity index (χ3v) is 6.75. The van der Waals surface area contributed by atoms with E-state index < -0.39 is 23.9 Å². The molecule has 1 atom stereocenters. The molecule has 15 nitrogen and oxygen atoms in total. The lowest BCUT2D eigenvalue weighted by molar-refractivity contribution is -0.140. The van der Waals surface area contributed by atoms with Gasteiger partial charge in [-0.15, -0.1) is 0 Å². The van der Waals surface area contributed by atoms with E-state index in [0.717, 1.165) is 6.42 Å². The van der Waals surface area contributed by atoms with Gasteiger partial charge in [0.2, 0.25) is 11.8 Å². The third kappa shape index (κ3) is 18.3. The monoisotopic (exact) mass is 587 g/mol. The fourth-order valence-corrected chi connectivity index (χ4v) is 4.34. The summed E-state index contributed by atoms with van der Waals surface area (Å²) in [5.74, 6) is -3.01. The first kappa shape index (κ1) is 36.2. The largest absolute Gasteiger partial charge is 0.480 e. The molecule has 0 bridgehead atoms. The maximum atomic E-state index is 12.7. The third-order valence-electron chi connectivity index (χ3n) is 6.75. The van der Waals surface area contributed by atoms with Gasteiger partial charge in [0.1, 0.15) is 0 Å². The molecule has 0 aliphatic carbocycles. The average molecular weight is 588 g/mol. The molecule has 1 aliphatic rings. The standard InChI is InChI=1S/C26H49N7O8/c1-20(2)5-7-29-26(41)21(27)4-3-6-28-22(34)16-30-8-10-31(17-23(35)36)12-14-33(19-25(39)40)15-13-32(11-9-30)18-24(37)38/h20-21H,3-19,27H2,1-2H3,(H,28,34)(H,29,41)(H,35,36)(H,37,38)(H,39,40)/t21-/m1/s1. The van der Waals surface area contributed by atoms with Crippen molar-refractivity contribution in [1.82, 2.24) is 30.2 Å². The lowest BCUT2D eigenvalue weighted by atomic mass is 10.1. The second kappa shape index (κ2) is 20.1. The van der Waals surface area contributed by atoms with Gasteiger partial charge in [-0.05, 0) is 25.2 Å². The minimum Gasteiger partial charge on any atom is -0.480 e. The van der Waals surface area contributed by atoms with Gasteiger partial charge in [-0.3, -0.25) is 43.6 Å². The Balaban J connectivity index is 2.70. The van der Waals surface area contributed by atoms with Crippen molar-refractivity contribution in [2.45, 2.75) is 39.2 Å². The van der Waals surface area contributed by atoms with Crippen LogP contribution in [0.5, 0.6) is 0 Å². The smallest absolute Gasteiger partial charge is 0.317 e. The molecule has 0 unspecified atom stereocenters. The highest BCUT2D eigenvalue weighted by Gasteiger charge is 2.21. The van der Waals surface area contributed by atoms with E-state index >= 15 is 0 Å². The van der Waals surface area contributed by atoms with Crippen molar-refractivity contribution in [1.29, 1.82) is 0 Å². The van der Waals surface area contributed by atoms with Crippen LogP contribution in [-0.2, 0) is 24.0 Å². The number of amides is 2. The SMILES string of the molecule is CC(C)CCNC(=O)[C@H](N)CCCNC(=O)CN1CCN(CC(=O)O)CCN(CC(=O)O)CCN(CC(=O)O)CC1. The maximum absolute atomic E-state index is 12.7. The molecule has 15 heteroatoms. The Morgan fingerprint density at radius 3 is 1.39 bits per heavy atom. The number of nitrogens with zero attached hydrogens (tertiary/aromatic N) is 4. The van der Waals surface area contributed by atoms with E-state index in [0.29, 0.717) is 84.2 Å². The van der Waals surface area contributed by atoms with Crippen LogP contribution in [0.1, 0.15) is 33.1 Å². The second-order valence-electron chi connectivity index (χ2n) is 10.9. The summed E-state index contributed by atoms with van der Waals surface area (Å²) >= 11 is 0. The Morgan fingerprint density at radius 2 is 1.02 bits per heavy atom. The number of nitrogens with one attached hydrogen (secondary N) is 2. The van der Waals surface area contributed by atoms with Crippen molar-refractivity contribution in [3.05, 3.63) is 0 Å². The zero-order valence-corrected chi connectivity index (χ0v) is 24.4. The normalized spacial score (nSPS) is 17.8. The molecular formula is C26H49N7O8. The zero-order chi connectivity index (χ0) is 30.8. The summed E-state index contributed by atoms with van der Waals surface area (Å²) in [5, 5.41) is 33.6. The topological polar surface area (TPSA) is 209 Å². The number of rotatable bonds is 16. The van der Waals surface area contributed by atoms with Crippen LogP contribution in [0.2, 0.25) is 0 Å². The fraction of sp³-hybridized carbons (Fsp3) is 0.808. The van der Waals surface area contributed by atoms with E-state index in [4.69, 9.17) is 5.73 Å². The summed E-state index contributed by atoms with van der Waals surface area (Å²) in [5.41, 5.74) is 5.95. The molecular weight excluding hydrogens is 538 g/mol. The molecule has 0 saturated carbocycles. The molecule has 0 aromatic heterocycles. The summed E-state index contributed by atoms with van der Waals surface area (Å²) in [6.07, 6.45) is 1.82. The molecule has 0 aromatic rings. The number of carboxylic acids is 3. The molecule has 7 N–H and O–H groups in total. The highest BCUT2D eigenvalue weighted by molar-refractivity contribution is 5.81. The molecule has 1 heterocycles. The Kier molecular flexibility index (Phi) is 17.7. The molecule has 236 valence electrons. The van der Waals surface area contributed by atoms with Crippen LogP contribution in [0.25, 0.3) is 0 Å². The van der Waals surface area contributed by atoms with Crippen molar-refractivity contribution in [2.24, 2.45) is 11.7 Å². The summed E-state index contributed by atoms with van der Waals surface area (Å²) in [4.78, 5) is 65.8. The van der Waals surface area contributed by atoms with Crippen LogP contribution in [0, 0.1) is 5.92 Å². The van der Waals surface area contributed by atoms with Crippen molar-refractivity contribution in [3.63, 3.8) is 0 Å². The van der Waals surface area contributed by atoms with E-state index in [1.807, 2.05) is 4.90 Å². The first-order valence-electron chi connectivity index (χ1n) is 14.2. The van der Waals surface area contributed by atoms with Gasteiger partial charge in [0.25, 0.3) is 0 Å². The Labute approximate surface area is 242 Å². The number of carbonyl (C=O) groups excluding carboxylic acids is 2. The summed E-state index contributed by atoms with van der Waals surface area (Å²) in [6.45, 7) is 7.04. The van der Waals surface area contributed by atoms with Crippen molar-refractivity contribution < 1.29 is 39.3 Å². The number of carbonyl (C=O) groups is 5. The molecule has 1 saturated heterocycles. The van der Waals surface area contributed by atoms with Crippen LogP contribution in [0.3, 0.4) is 0 Å². The molecule has 0 radical (unpaired) electrons. The first-order valence-corrected chi connectivity index (χ1v) is 14.2. The summed E-state index contributed by atoms with van der Waals surface area (Å²) in [7, 11) is 0. The van der Waals surface area contributed by atoms with Gasteiger partial charge in [-0.2, -0.15) is 0 Å². The van der Waals surface area contributed by atoms with Gasteiger partial charge in [0.05, 0.1) is 32.2 Å². The minimum absolute atomic E-state index is 0.0364. The zero-order valence-electron chi connectivity index (χ0n) is 24.4. The van der Waals surface area contributed by atoms with Gasteiger partial charge in [-0.1, -0.05) is 13.8 Å². The quantitative estimate of drug-likeness (QED) is 0.107. The van der Waals surface area contributed by atoms with Gasteiger partial charge < -0.3 is 31.7 Å². The van der Waals surface area contributed by atoms with Crippen LogP contribution < -0.4 is 16.4 Å². The predicted molar refractivity (Wildman–Crippen MR) is 151 cm³/mol. The highest BCUT2D eigenvalue weighted by Crippen LogP contribution is 2.02. The van der Waals surface area contributed by atoms with Crippen molar-refractivity contribution in [3.8, 4) is 0 Å². The van der Waals surface area contributed by atoms with Crippen LogP contribution in [-0.4, -0.2) is 162 Å². The highest BCUT2D eigenvalue weighted by atomic mass is 16.4. The van der Waals surface area contributed by atoms with Crippen molar-refractivity contribution >= 4 is 29.7 Å². The maximum Gasteiger partial charge on any atom is 0.317 e. The number of aliphatic carboxylic acids is 3. The van der Waals surface area contributed by atoms with Crippen LogP contribution >= 0.6 is 0 Å². The van der Waals surface area contributed by atoms with Crippen LogP contribution in [0.4, 0.5) is 0 Å². The predicted octanol–water partition coefficient (Wildman–Crippen LogP) is -2.15. The van der Waals surface area contributed by atoms with E-state index in [9.17, 15) is 39.3 Å². The van der Waals surface area contributed by atoms with E-state index in [1.54, 1.807) is 14.7 Å². The number of hydrogen-bond donors (Lipinski definition) is 6. The number of hydrogen-bond acceptors (Lipinski definition) is 10. The molecule has 0 aromatic carbocycles. The fourth-order valence-electron chi connectivity index (χ4n) is 4.34. The molecule has 1 fully saturated rings. The summed E-state index contributed by atoms with van der Waals surface area (Å²) in [6, 6.07) is -0.652.